The number of hydrogen-bond donors (Lipinski definition) is 1. The molecule has 0 unspecified atom stereocenters. The molecule has 0 atom stereocenters. The van der Waals surface area contributed by atoms with Crippen molar-refractivity contribution in [3.8, 4) is 22.0 Å². The molecule has 9 heteroatoms. The summed E-state index contributed by atoms with van der Waals surface area (Å²) in [6, 6.07) is 4.94. The molecule has 2 aromatic heterocycles. The van der Waals surface area contributed by atoms with Gasteiger partial charge in [-0.25, -0.2) is 4.98 Å². The molecule has 0 bridgehead atoms. The first-order valence-corrected chi connectivity index (χ1v) is 6.84. The van der Waals surface area contributed by atoms with Gasteiger partial charge in [0.2, 0.25) is 0 Å². The van der Waals surface area contributed by atoms with Gasteiger partial charge in [-0.15, -0.1) is 11.3 Å². The van der Waals surface area contributed by atoms with Gasteiger partial charge < -0.3 is 0 Å². The summed E-state index contributed by atoms with van der Waals surface area (Å²) >= 11 is 7.16. The molecule has 0 saturated carbocycles. The van der Waals surface area contributed by atoms with Crippen LogP contribution in [0.2, 0.25) is 4.34 Å². The molecule has 0 aliphatic carbocycles. The van der Waals surface area contributed by atoms with Crippen molar-refractivity contribution in [2.24, 2.45) is 0 Å². The number of aromatic amines is 1. The predicted octanol–water partition coefficient (Wildman–Crippen LogP) is 4.27. The number of benzene rings is 1. The molecule has 21 heavy (non-hydrogen) atoms. The molecule has 4 nitrogen and oxygen atoms in total. The molecule has 0 radical (unpaired) electrons. The zero-order valence-electron chi connectivity index (χ0n) is 10.1. The SMILES string of the molecule is FC(F)(F)c1cccc(-c2nc(-c3cn[nH]n3)c(Cl)s2)c1. The van der Waals surface area contributed by atoms with Crippen molar-refractivity contribution >= 4 is 22.9 Å². The number of halogens is 4. The van der Waals surface area contributed by atoms with Crippen LogP contribution in [0.5, 0.6) is 0 Å². The van der Waals surface area contributed by atoms with Crippen LogP contribution in [0.1, 0.15) is 5.56 Å². The van der Waals surface area contributed by atoms with E-state index in [2.05, 4.69) is 20.4 Å². The van der Waals surface area contributed by atoms with Crippen LogP contribution in [-0.4, -0.2) is 20.4 Å². The van der Waals surface area contributed by atoms with E-state index in [0.29, 0.717) is 26.3 Å². The van der Waals surface area contributed by atoms with Gasteiger partial charge in [0.15, 0.2) is 0 Å². The second-order valence-electron chi connectivity index (χ2n) is 4.08. The van der Waals surface area contributed by atoms with E-state index in [0.717, 1.165) is 23.5 Å². The molecule has 0 aliphatic rings. The highest BCUT2D eigenvalue weighted by Crippen LogP contribution is 2.38. The highest BCUT2D eigenvalue weighted by molar-refractivity contribution is 7.19. The lowest BCUT2D eigenvalue weighted by molar-refractivity contribution is -0.137. The molecule has 0 fully saturated rings. The Kier molecular flexibility index (Phi) is 3.42. The molecule has 1 aromatic carbocycles. The Morgan fingerprint density at radius 3 is 2.71 bits per heavy atom. The average Bonchev–Trinajstić information content (AvgIpc) is 3.07. The Morgan fingerprint density at radius 2 is 2.05 bits per heavy atom. The van der Waals surface area contributed by atoms with E-state index in [4.69, 9.17) is 11.6 Å². The summed E-state index contributed by atoms with van der Waals surface area (Å²) in [5, 5.41) is 10.3. The van der Waals surface area contributed by atoms with Crippen molar-refractivity contribution in [1.82, 2.24) is 20.4 Å². The minimum absolute atomic E-state index is 0.344. The molecule has 108 valence electrons. The Bertz CT molecular complexity index is 767. The smallest absolute Gasteiger partial charge is 0.233 e. The third-order valence-corrected chi connectivity index (χ3v) is 3.98. The standard InChI is InChI=1S/C12H6ClF3N4S/c13-10-9(8-5-17-20-19-8)18-11(21-10)6-2-1-3-7(4-6)12(14,15)16/h1-5H,(H,17,19,20). The fraction of sp³-hybridized carbons (Fsp3) is 0.0833. The highest BCUT2D eigenvalue weighted by Gasteiger charge is 2.30. The van der Waals surface area contributed by atoms with Crippen LogP contribution >= 0.6 is 22.9 Å². The largest absolute Gasteiger partial charge is 0.416 e. The van der Waals surface area contributed by atoms with Gasteiger partial charge in [0.25, 0.3) is 0 Å². The van der Waals surface area contributed by atoms with E-state index in [1.807, 2.05) is 0 Å². The Hall–Kier alpha value is -1.93. The molecule has 2 heterocycles. The lowest BCUT2D eigenvalue weighted by Gasteiger charge is -2.07. The van der Waals surface area contributed by atoms with E-state index < -0.39 is 11.7 Å². The fourth-order valence-electron chi connectivity index (χ4n) is 1.73. The van der Waals surface area contributed by atoms with Crippen LogP contribution in [0.25, 0.3) is 22.0 Å². The summed E-state index contributed by atoms with van der Waals surface area (Å²) in [5.74, 6) is 0. The lowest BCUT2D eigenvalue weighted by atomic mass is 10.1. The number of nitrogens with one attached hydrogen (secondary N) is 1. The van der Waals surface area contributed by atoms with Gasteiger partial charge in [-0.1, -0.05) is 23.7 Å². The summed E-state index contributed by atoms with van der Waals surface area (Å²) in [6.07, 6.45) is -2.96. The maximum Gasteiger partial charge on any atom is 0.416 e. The van der Waals surface area contributed by atoms with Crippen LogP contribution < -0.4 is 0 Å². The Balaban J connectivity index is 2.04. The van der Waals surface area contributed by atoms with E-state index in [1.54, 1.807) is 6.07 Å². The number of aromatic nitrogens is 4. The molecule has 1 N–H and O–H groups in total. The maximum atomic E-state index is 12.7. The van der Waals surface area contributed by atoms with Crippen LogP contribution in [-0.2, 0) is 6.18 Å². The zero-order valence-corrected chi connectivity index (χ0v) is 11.7. The maximum absolute atomic E-state index is 12.7. The number of hydrogen-bond acceptors (Lipinski definition) is 4. The summed E-state index contributed by atoms with van der Waals surface area (Å²) in [6.45, 7) is 0. The van der Waals surface area contributed by atoms with Crippen molar-refractivity contribution in [2.45, 2.75) is 6.18 Å². The van der Waals surface area contributed by atoms with Gasteiger partial charge in [0.05, 0.1) is 11.8 Å². The van der Waals surface area contributed by atoms with Gasteiger partial charge in [-0.2, -0.15) is 28.6 Å². The highest BCUT2D eigenvalue weighted by atomic mass is 35.5. The first-order chi connectivity index (χ1) is 9.95. The Morgan fingerprint density at radius 1 is 1.24 bits per heavy atom. The molecule has 0 aliphatic heterocycles. The van der Waals surface area contributed by atoms with Gasteiger partial charge in [0, 0.05) is 5.56 Å². The molecule has 3 rings (SSSR count). The van der Waals surface area contributed by atoms with Gasteiger partial charge in [0.1, 0.15) is 20.7 Å². The quantitative estimate of drug-likeness (QED) is 0.763. The van der Waals surface area contributed by atoms with Crippen molar-refractivity contribution in [3.05, 3.63) is 40.4 Å². The molecule has 0 amide bonds. The normalized spacial score (nSPS) is 11.8. The molecule has 3 aromatic rings. The second kappa shape index (κ2) is 5.12. The molecular weight excluding hydrogens is 325 g/mol. The van der Waals surface area contributed by atoms with Gasteiger partial charge in [-0.05, 0) is 12.1 Å². The second-order valence-corrected chi connectivity index (χ2v) is 5.68. The number of rotatable bonds is 2. The summed E-state index contributed by atoms with van der Waals surface area (Å²) in [4.78, 5) is 4.24. The zero-order chi connectivity index (χ0) is 15.0. The first kappa shape index (κ1) is 14.0. The van der Waals surface area contributed by atoms with Gasteiger partial charge >= 0.3 is 6.18 Å². The molecule has 0 spiro atoms. The number of alkyl halides is 3. The number of H-pyrrole nitrogens is 1. The average molecular weight is 331 g/mol. The summed E-state index contributed by atoms with van der Waals surface area (Å²) in [7, 11) is 0. The van der Waals surface area contributed by atoms with Crippen molar-refractivity contribution < 1.29 is 13.2 Å². The number of nitrogens with zero attached hydrogens (tertiary/aromatic N) is 3. The lowest BCUT2D eigenvalue weighted by Crippen LogP contribution is -2.04. The predicted molar refractivity (Wildman–Crippen MR) is 72.9 cm³/mol. The van der Waals surface area contributed by atoms with Crippen molar-refractivity contribution in [1.29, 1.82) is 0 Å². The van der Waals surface area contributed by atoms with Crippen molar-refractivity contribution in [3.63, 3.8) is 0 Å². The van der Waals surface area contributed by atoms with E-state index >= 15 is 0 Å². The van der Waals surface area contributed by atoms with Crippen LogP contribution in [0.4, 0.5) is 13.2 Å². The Labute approximate surface area is 125 Å². The van der Waals surface area contributed by atoms with Crippen LogP contribution in [0, 0.1) is 0 Å². The monoisotopic (exact) mass is 330 g/mol. The third-order valence-electron chi connectivity index (χ3n) is 2.68. The van der Waals surface area contributed by atoms with Crippen molar-refractivity contribution in [2.75, 3.05) is 0 Å². The van der Waals surface area contributed by atoms with E-state index in [1.165, 1.54) is 12.3 Å². The minimum atomic E-state index is -4.40. The minimum Gasteiger partial charge on any atom is -0.233 e. The first-order valence-electron chi connectivity index (χ1n) is 5.65. The van der Waals surface area contributed by atoms with E-state index in [9.17, 15) is 13.2 Å². The van der Waals surface area contributed by atoms with E-state index in [-0.39, 0.29) is 0 Å². The van der Waals surface area contributed by atoms with Crippen LogP contribution in [0.15, 0.2) is 30.5 Å². The molecular formula is C12H6ClF3N4S. The fourth-order valence-corrected chi connectivity index (χ4v) is 2.88. The van der Waals surface area contributed by atoms with Gasteiger partial charge in [-0.3, -0.25) is 0 Å². The number of thiazole rings is 1. The summed E-state index contributed by atoms with van der Waals surface area (Å²) in [5.41, 5.74) is 0.457. The topological polar surface area (TPSA) is 54.5 Å². The van der Waals surface area contributed by atoms with Crippen LogP contribution in [0.3, 0.4) is 0 Å². The summed E-state index contributed by atoms with van der Waals surface area (Å²) < 4.78 is 38.5. The third kappa shape index (κ3) is 2.77. The molecule has 0 saturated heterocycles.